The topological polar surface area (TPSA) is 64.6 Å². The van der Waals surface area contributed by atoms with E-state index in [-0.39, 0.29) is 11.6 Å². The standard InChI is InChI=1S/C25H35NO4/c1-24(2,3)30-23(28)26-21(10-9-17-7-5-4-6-8-17)22(27)29-25-14-18-11-19(15-25)13-20(12-18)16-25/h4-8,18-21H,9-16H2,1-3H3,(H,26,28)/t18?,19?,20?,21-,25?/m0/s1. The third kappa shape index (κ3) is 5.16. The van der Waals surface area contributed by atoms with Crippen LogP contribution < -0.4 is 5.32 Å². The molecule has 1 amide bonds. The second-order valence-electron chi connectivity index (χ2n) is 10.7. The van der Waals surface area contributed by atoms with Crippen molar-refractivity contribution in [3.8, 4) is 0 Å². The quantitative estimate of drug-likeness (QED) is 0.665. The second kappa shape index (κ2) is 8.24. The van der Waals surface area contributed by atoms with Gasteiger partial charge in [-0.1, -0.05) is 30.3 Å². The van der Waals surface area contributed by atoms with Crippen LogP contribution >= 0.6 is 0 Å². The number of rotatable bonds is 6. The maximum Gasteiger partial charge on any atom is 0.408 e. The highest BCUT2D eigenvalue weighted by Crippen LogP contribution is 2.57. The fourth-order valence-corrected chi connectivity index (χ4v) is 6.10. The van der Waals surface area contributed by atoms with Crippen molar-refractivity contribution in [1.29, 1.82) is 0 Å². The van der Waals surface area contributed by atoms with Crippen LogP contribution in [-0.4, -0.2) is 29.3 Å². The summed E-state index contributed by atoms with van der Waals surface area (Å²) in [5, 5.41) is 2.79. The first-order valence-corrected chi connectivity index (χ1v) is 11.5. The number of alkyl carbamates (subject to hydrolysis) is 1. The Balaban J connectivity index is 1.43. The molecule has 0 heterocycles. The van der Waals surface area contributed by atoms with E-state index in [1.54, 1.807) is 0 Å². The van der Waals surface area contributed by atoms with Crippen LogP contribution in [0.5, 0.6) is 0 Å². The van der Waals surface area contributed by atoms with Gasteiger partial charge in [0.15, 0.2) is 0 Å². The fourth-order valence-electron chi connectivity index (χ4n) is 6.10. The summed E-state index contributed by atoms with van der Waals surface area (Å²) in [7, 11) is 0. The molecule has 1 atom stereocenters. The van der Waals surface area contributed by atoms with Crippen LogP contribution in [-0.2, 0) is 20.7 Å². The molecule has 0 spiro atoms. The van der Waals surface area contributed by atoms with E-state index in [0.29, 0.717) is 30.6 Å². The molecular weight excluding hydrogens is 378 g/mol. The van der Waals surface area contributed by atoms with Gasteiger partial charge in [-0.2, -0.15) is 0 Å². The van der Waals surface area contributed by atoms with Crippen LogP contribution in [0, 0.1) is 17.8 Å². The third-order valence-corrected chi connectivity index (χ3v) is 6.84. The van der Waals surface area contributed by atoms with Crippen molar-refractivity contribution in [2.24, 2.45) is 17.8 Å². The molecule has 1 aromatic carbocycles. The van der Waals surface area contributed by atoms with Gasteiger partial charge < -0.3 is 14.8 Å². The number of benzene rings is 1. The zero-order valence-corrected chi connectivity index (χ0v) is 18.5. The zero-order valence-electron chi connectivity index (χ0n) is 18.5. The van der Waals surface area contributed by atoms with E-state index >= 15 is 0 Å². The summed E-state index contributed by atoms with van der Waals surface area (Å²) < 4.78 is 11.6. The summed E-state index contributed by atoms with van der Waals surface area (Å²) >= 11 is 0. The smallest absolute Gasteiger partial charge is 0.408 e. The summed E-state index contributed by atoms with van der Waals surface area (Å²) in [6.07, 6.45) is 7.47. The van der Waals surface area contributed by atoms with Crippen molar-refractivity contribution in [2.45, 2.75) is 89.4 Å². The Hall–Kier alpha value is -2.04. The Morgan fingerprint density at radius 1 is 1.03 bits per heavy atom. The van der Waals surface area contributed by atoms with Gasteiger partial charge in [0.25, 0.3) is 0 Å². The molecule has 4 bridgehead atoms. The van der Waals surface area contributed by atoms with Crippen molar-refractivity contribution < 1.29 is 19.1 Å². The second-order valence-corrected chi connectivity index (χ2v) is 10.7. The first-order valence-electron chi connectivity index (χ1n) is 11.5. The predicted molar refractivity (Wildman–Crippen MR) is 115 cm³/mol. The van der Waals surface area contributed by atoms with Crippen LogP contribution in [0.15, 0.2) is 30.3 Å². The lowest BCUT2D eigenvalue weighted by Crippen LogP contribution is -2.55. The first kappa shape index (κ1) is 21.2. The molecule has 0 aromatic heterocycles. The van der Waals surface area contributed by atoms with E-state index in [2.05, 4.69) is 5.32 Å². The van der Waals surface area contributed by atoms with Crippen LogP contribution in [0.1, 0.15) is 71.3 Å². The molecule has 1 N–H and O–H groups in total. The SMILES string of the molecule is CC(C)(C)OC(=O)N[C@@H](CCc1ccccc1)C(=O)OC12CC3CC(CC(C3)C1)C2. The normalized spacial score (nSPS) is 30.6. The average molecular weight is 414 g/mol. The van der Waals surface area contributed by atoms with Gasteiger partial charge >= 0.3 is 12.1 Å². The number of nitrogens with one attached hydrogen (secondary N) is 1. The lowest BCUT2D eigenvalue weighted by atomic mass is 9.54. The number of hydrogen-bond donors (Lipinski definition) is 1. The summed E-state index contributed by atoms with van der Waals surface area (Å²) in [6.45, 7) is 5.46. The highest BCUT2D eigenvalue weighted by atomic mass is 16.6. The van der Waals surface area contributed by atoms with Crippen LogP contribution in [0.4, 0.5) is 4.79 Å². The van der Waals surface area contributed by atoms with Crippen LogP contribution in [0.2, 0.25) is 0 Å². The molecule has 0 unspecified atom stereocenters. The minimum absolute atomic E-state index is 0.307. The zero-order chi connectivity index (χ0) is 21.4. The monoisotopic (exact) mass is 413 g/mol. The molecular formula is C25H35NO4. The fraction of sp³-hybridized carbons (Fsp3) is 0.680. The van der Waals surface area contributed by atoms with E-state index in [1.165, 1.54) is 19.3 Å². The van der Waals surface area contributed by atoms with Crippen molar-refractivity contribution >= 4 is 12.1 Å². The maximum atomic E-state index is 13.3. The molecule has 4 aliphatic carbocycles. The summed E-state index contributed by atoms with van der Waals surface area (Å²) in [5.74, 6) is 1.79. The first-order chi connectivity index (χ1) is 14.2. The van der Waals surface area contributed by atoms with Gasteiger partial charge in [-0.3, -0.25) is 0 Å². The molecule has 4 saturated carbocycles. The van der Waals surface area contributed by atoms with E-state index < -0.39 is 17.7 Å². The minimum atomic E-state index is -0.701. The van der Waals surface area contributed by atoms with Gasteiger partial charge in [-0.05, 0) is 95.5 Å². The molecule has 5 nitrogen and oxygen atoms in total. The van der Waals surface area contributed by atoms with Crippen molar-refractivity contribution in [3.05, 3.63) is 35.9 Å². The summed E-state index contributed by atoms with van der Waals surface area (Å²) in [6, 6.07) is 9.32. The minimum Gasteiger partial charge on any atom is -0.458 e. The highest BCUT2D eigenvalue weighted by Gasteiger charge is 2.53. The number of carbonyl (C=O) groups is 2. The number of esters is 1. The molecule has 4 aliphatic rings. The number of ether oxygens (including phenoxy) is 2. The largest absolute Gasteiger partial charge is 0.458 e. The van der Waals surface area contributed by atoms with Crippen LogP contribution in [0.3, 0.4) is 0 Å². The van der Waals surface area contributed by atoms with Crippen molar-refractivity contribution in [2.75, 3.05) is 0 Å². The lowest BCUT2D eigenvalue weighted by molar-refractivity contribution is -0.188. The number of amides is 1. The van der Waals surface area contributed by atoms with Gasteiger partial charge in [-0.25, -0.2) is 9.59 Å². The number of hydrogen-bond acceptors (Lipinski definition) is 4. The van der Waals surface area contributed by atoms with Gasteiger partial charge in [0, 0.05) is 0 Å². The number of aryl methyl sites for hydroxylation is 1. The Kier molecular flexibility index (Phi) is 5.82. The average Bonchev–Trinajstić information content (AvgIpc) is 2.63. The van der Waals surface area contributed by atoms with Crippen LogP contribution in [0.25, 0.3) is 0 Å². The summed E-state index contributed by atoms with van der Waals surface area (Å²) in [5.41, 5.74) is 0.209. The van der Waals surface area contributed by atoms with Gasteiger partial charge in [0.05, 0.1) is 0 Å². The van der Waals surface area contributed by atoms with E-state index in [9.17, 15) is 9.59 Å². The van der Waals surface area contributed by atoms with E-state index in [1.807, 2.05) is 51.1 Å². The Morgan fingerprint density at radius 3 is 2.13 bits per heavy atom. The molecule has 164 valence electrons. The molecule has 30 heavy (non-hydrogen) atoms. The lowest BCUT2D eigenvalue weighted by Gasteiger charge is -2.55. The van der Waals surface area contributed by atoms with Gasteiger partial charge in [0.2, 0.25) is 0 Å². The van der Waals surface area contributed by atoms with Crippen molar-refractivity contribution in [3.63, 3.8) is 0 Å². The third-order valence-electron chi connectivity index (χ3n) is 6.84. The van der Waals surface area contributed by atoms with Gasteiger partial charge in [-0.15, -0.1) is 0 Å². The Labute approximate surface area is 179 Å². The van der Waals surface area contributed by atoms with E-state index in [0.717, 1.165) is 24.8 Å². The molecule has 5 heteroatoms. The maximum absolute atomic E-state index is 13.3. The molecule has 4 fully saturated rings. The molecule has 5 rings (SSSR count). The number of carbonyl (C=O) groups excluding carboxylic acids is 2. The molecule has 0 saturated heterocycles. The highest BCUT2D eigenvalue weighted by molar-refractivity contribution is 5.81. The summed E-state index contributed by atoms with van der Waals surface area (Å²) in [4.78, 5) is 25.7. The Morgan fingerprint density at radius 2 is 1.60 bits per heavy atom. The Bertz CT molecular complexity index is 732. The molecule has 0 aliphatic heterocycles. The van der Waals surface area contributed by atoms with Crippen molar-refractivity contribution in [1.82, 2.24) is 5.32 Å². The molecule has 1 aromatic rings. The van der Waals surface area contributed by atoms with E-state index in [4.69, 9.17) is 9.47 Å². The predicted octanol–water partition coefficient (Wildman–Crippen LogP) is 5.02. The molecule has 0 radical (unpaired) electrons. The van der Waals surface area contributed by atoms with Gasteiger partial charge in [0.1, 0.15) is 17.2 Å².